The highest BCUT2D eigenvalue weighted by molar-refractivity contribution is 5.91. The summed E-state index contributed by atoms with van der Waals surface area (Å²) < 4.78 is 16.3. The third-order valence-electron chi connectivity index (χ3n) is 6.08. The Morgan fingerprint density at radius 2 is 1.68 bits per heavy atom. The molecule has 4 aromatic rings. The van der Waals surface area contributed by atoms with Crippen LogP contribution >= 0.6 is 0 Å². The van der Waals surface area contributed by atoms with Gasteiger partial charge in [-0.3, -0.25) is 4.79 Å². The van der Waals surface area contributed by atoms with Crippen molar-refractivity contribution in [1.82, 2.24) is 5.32 Å². The number of hydrogen-bond acceptors (Lipinski definition) is 6. The van der Waals surface area contributed by atoms with Crippen LogP contribution < -0.4 is 15.7 Å². The van der Waals surface area contributed by atoms with Crippen LogP contribution in [0.15, 0.2) is 82.0 Å². The van der Waals surface area contributed by atoms with E-state index in [0.29, 0.717) is 16.9 Å². The van der Waals surface area contributed by atoms with Gasteiger partial charge in [-0.15, -0.1) is 0 Å². The number of fused-ring (bicyclic) bond motifs is 1. The lowest BCUT2D eigenvalue weighted by molar-refractivity contribution is -0.125. The molecule has 37 heavy (non-hydrogen) atoms. The highest BCUT2D eigenvalue weighted by Crippen LogP contribution is 2.23. The molecular weight excluding hydrogens is 470 g/mol. The second-order valence-corrected chi connectivity index (χ2v) is 8.91. The van der Waals surface area contributed by atoms with Crippen LogP contribution in [0.3, 0.4) is 0 Å². The van der Waals surface area contributed by atoms with Crippen molar-refractivity contribution in [2.75, 3.05) is 6.61 Å². The Balaban J connectivity index is 1.28. The van der Waals surface area contributed by atoms with E-state index in [1.165, 1.54) is 6.07 Å². The summed E-state index contributed by atoms with van der Waals surface area (Å²) >= 11 is 0. The van der Waals surface area contributed by atoms with Crippen molar-refractivity contribution in [1.29, 1.82) is 0 Å². The fourth-order valence-corrected chi connectivity index (χ4v) is 3.97. The number of carbonyl (C=O) groups excluding carboxylic acids is 2. The van der Waals surface area contributed by atoms with E-state index in [2.05, 4.69) is 5.32 Å². The molecule has 0 spiro atoms. The second kappa shape index (κ2) is 11.6. The molecule has 4 rings (SSSR count). The number of esters is 1. The lowest BCUT2D eigenvalue weighted by Gasteiger charge is -2.17. The summed E-state index contributed by atoms with van der Waals surface area (Å²) in [6, 6.07) is 21.4. The quantitative estimate of drug-likeness (QED) is 0.244. The van der Waals surface area contributed by atoms with Crippen molar-refractivity contribution in [3.63, 3.8) is 0 Å². The number of benzene rings is 3. The van der Waals surface area contributed by atoms with Crippen LogP contribution in [0.4, 0.5) is 0 Å². The average Bonchev–Trinajstić information content (AvgIpc) is 2.89. The molecule has 1 amide bonds. The molecule has 1 heterocycles. The third-order valence-corrected chi connectivity index (χ3v) is 6.08. The molecule has 1 N–H and O–H groups in total. The van der Waals surface area contributed by atoms with E-state index < -0.39 is 11.6 Å². The minimum atomic E-state index is -0.578. The smallest absolute Gasteiger partial charge is 0.338 e. The number of amides is 1. The summed E-state index contributed by atoms with van der Waals surface area (Å²) in [6.45, 7) is 5.75. The molecule has 0 aliphatic heterocycles. The number of ether oxygens (including phenoxy) is 2. The molecule has 0 radical (unpaired) electrons. The second-order valence-electron chi connectivity index (χ2n) is 8.91. The zero-order valence-electron chi connectivity index (χ0n) is 21.1. The molecule has 1 aromatic heterocycles. The maximum atomic E-state index is 12.4. The molecule has 1 unspecified atom stereocenters. The first-order chi connectivity index (χ1) is 17.8. The van der Waals surface area contributed by atoms with Crippen LogP contribution in [0.2, 0.25) is 0 Å². The normalized spacial score (nSPS) is 11.6. The van der Waals surface area contributed by atoms with Crippen LogP contribution in [-0.2, 0) is 16.1 Å². The Bertz CT molecular complexity index is 1450. The maximum absolute atomic E-state index is 12.4. The number of rotatable bonds is 9. The van der Waals surface area contributed by atoms with Crippen molar-refractivity contribution >= 4 is 22.8 Å². The fraction of sp³-hybridized carbons (Fsp3) is 0.233. The summed E-state index contributed by atoms with van der Waals surface area (Å²) in [5.41, 5.74) is 4.24. The standard InChI is InChI=1S/C30H29NO6/c1-4-26(22-9-5-19(2)6-10-22)31-28(32)18-36-30(34)23-11-7-21(8-12-23)17-35-24-13-14-25-20(3)15-29(33)37-27(25)16-24/h5-16,26H,4,17-18H2,1-3H3,(H,31,32). The molecule has 0 aliphatic carbocycles. The van der Waals surface area contributed by atoms with Crippen LogP contribution in [0, 0.1) is 13.8 Å². The Labute approximate surface area is 215 Å². The van der Waals surface area contributed by atoms with E-state index in [1.54, 1.807) is 30.3 Å². The zero-order chi connectivity index (χ0) is 26.4. The number of hydrogen-bond donors (Lipinski definition) is 1. The molecule has 1 atom stereocenters. The molecule has 190 valence electrons. The highest BCUT2D eigenvalue weighted by Gasteiger charge is 2.15. The first kappa shape index (κ1) is 25.7. The fourth-order valence-electron chi connectivity index (χ4n) is 3.97. The number of carbonyl (C=O) groups is 2. The Kier molecular flexibility index (Phi) is 8.03. The van der Waals surface area contributed by atoms with Gasteiger partial charge in [0.25, 0.3) is 5.91 Å². The summed E-state index contributed by atoms with van der Waals surface area (Å²) in [7, 11) is 0. The Morgan fingerprint density at radius 1 is 0.946 bits per heavy atom. The maximum Gasteiger partial charge on any atom is 0.338 e. The van der Waals surface area contributed by atoms with E-state index in [1.807, 2.05) is 57.2 Å². The summed E-state index contributed by atoms with van der Waals surface area (Å²) in [6.07, 6.45) is 0.722. The van der Waals surface area contributed by atoms with Gasteiger partial charge in [0.2, 0.25) is 0 Å². The largest absolute Gasteiger partial charge is 0.489 e. The van der Waals surface area contributed by atoms with Gasteiger partial charge in [0, 0.05) is 17.5 Å². The van der Waals surface area contributed by atoms with E-state index in [4.69, 9.17) is 13.9 Å². The number of aryl methyl sites for hydroxylation is 2. The number of nitrogens with one attached hydrogen (secondary N) is 1. The van der Waals surface area contributed by atoms with E-state index in [0.717, 1.165) is 34.1 Å². The van der Waals surface area contributed by atoms with E-state index >= 15 is 0 Å². The summed E-state index contributed by atoms with van der Waals surface area (Å²) in [5, 5.41) is 3.76. The van der Waals surface area contributed by atoms with Crippen molar-refractivity contribution in [3.05, 3.63) is 111 Å². The van der Waals surface area contributed by atoms with Crippen LogP contribution in [0.5, 0.6) is 5.75 Å². The molecule has 0 saturated heterocycles. The van der Waals surface area contributed by atoms with Gasteiger partial charge in [0.15, 0.2) is 6.61 Å². The monoisotopic (exact) mass is 499 g/mol. The van der Waals surface area contributed by atoms with E-state index in [9.17, 15) is 14.4 Å². The minimum absolute atomic E-state index is 0.145. The minimum Gasteiger partial charge on any atom is -0.489 e. The van der Waals surface area contributed by atoms with E-state index in [-0.39, 0.29) is 25.2 Å². The van der Waals surface area contributed by atoms with Gasteiger partial charge in [-0.05, 0) is 61.2 Å². The highest BCUT2D eigenvalue weighted by atomic mass is 16.5. The Morgan fingerprint density at radius 3 is 2.38 bits per heavy atom. The predicted octanol–water partition coefficient (Wildman–Crippen LogP) is 5.41. The van der Waals surface area contributed by atoms with Gasteiger partial charge < -0.3 is 19.2 Å². The van der Waals surface area contributed by atoms with Gasteiger partial charge in [-0.25, -0.2) is 9.59 Å². The van der Waals surface area contributed by atoms with Crippen molar-refractivity contribution in [2.45, 2.75) is 39.8 Å². The zero-order valence-corrected chi connectivity index (χ0v) is 21.1. The first-order valence-corrected chi connectivity index (χ1v) is 12.1. The lowest BCUT2D eigenvalue weighted by Crippen LogP contribution is -2.32. The molecule has 7 heteroatoms. The van der Waals surface area contributed by atoms with Gasteiger partial charge >= 0.3 is 11.6 Å². The van der Waals surface area contributed by atoms with Crippen molar-refractivity contribution < 1.29 is 23.5 Å². The summed E-state index contributed by atoms with van der Waals surface area (Å²) in [5.74, 6) is -0.370. The predicted molar refractivity (Wildman–Crippen MR) is 141 cm³/mol. The topological polar surface area (TPSA) is 94.8 Å². The molecule has 0 fully saturated rings. The molecule has 7 nitrogen and oxygen atoms in total. The van der Waals surface area contributed by atoms with Gasteiger partial charge in [-0.1, -0.05) is 48.9 Å². The van der Waals surface area contributed by atoms with Gasteiger partial charge in [0.05, 0.1) is 11.6 Å². The third kappa shape index (κ3) is 6.64. The van der Waals surface area contributed by atoms with Gasteiger partial charge in [-0.2, -0.15) is 0 Å². The van der Waals surface area contributed by atoms with Crippen LogP contribution in [-0.4, -0.2) is 18.5 Å². The van der Waals surface area contributed by atoms with Crippen molar-refractivity contribution in [2.24, 2.45) is 0 Å². The lowest BCUT2D eigenvalue weighted by atomic mass is 10.0. The average molecular weight is 500 g/mol. The molecule has 0 saturated carbocycles. The summed E-state index contributed by atoms with van der Waals surface area (Å²) in [4.78, 5) is 36.4. The van der Waals surface area contributed by atoms with Crippen molar-refractivity contribution in [3.8, 4) is 5.75 Å². The van der Waals surface area contributed by atoms with Crippen LogP contribution in [0.25, 0.3) is 11.0 Å². The molecule has 0 aliphatic rings. The van der Waals surface area contributed by atoms with Crippen LogP contribution in [0.1, 0.15) is 52.0 Å². The first-order valence-electron chi connectivity index (χ1n) is 12.1. The Hall–Kier alpha value is -4.39. The molecular formula is C30H29NO6. The SMILES string of the molecule is CCC(NC(=O)COC(=O)c1ccc(COc2ccc3c(C)cc(=O)oc3c2)cc1)c1ccc(C)cc1. The van der Waals surface area contributed by atoms with Gasteiger partial charge in [0.1, 0.15) is 17.9 Å². The molecule has 3 aromatic carbocycles. The molecule has 0 bridgehead atoms.